The van der Waals surface area contributed by atoms with Crippen LogP contribution in [0.4, 0.5) is 0 Å². The van der Waals surface area contributed by atoms with Gasteiger partial charge in [0.1, 0.15) is 11.5 Å². The SMILES string of the molecule is Cc1cccc(C)c1OCC(=O)N(Cc1ccc(Br)o1)[C@H]1CCS(=O)(=O)C1. The van der Waals surface area contributed by atoms with Crippen molar-refractivity contribution in [2.24, 2.45) is 0 Å². The van der Waals surface area contributed by atoms with Gasteiger partial charge in [0, 0.05) is 6.04 Å². The zero-order chi connectivity index (χ0) is 19.6. The lowest BCUT2D eigenvalue weighted by molar-refractivity contribution is -0.136. The first-order valence-electron chi connectivity index (χ1n) is 8.68. The highest BCUT2D eigenvalue weighted by Crippen LogP contribution is 2.25. The molecule has 146 valence electrons. The van der Waals surface area contributed by atoms with Gasteiger partial charge in [0.2, 0.25) is 0 Å². The number of sulfone groups is 1. The Morgan fingerprint density at radius 1 is 1.26 bits per heavy atom. The third-order valence-corrected chi connectivity index (χ3v) is 6.85. The maximum atomic E-state index is 12.9. The fourth-order valence-corrected chi connectivity index (χ4v) is 5.36. The summed E-state index contributed by atoms with van der Waals surface area (Å²) < 4.78 is 35.6. The fraction of sp³-hybridized carbons (Fsp3) is 0.421. The first-order valence-corrected chi connectivity index (χ1v) is 11.3. The van der Waals surface area contributed by atoms with Gasteiger partial charge in [0.05, 0.1) is 18.1 Å². The summed E-state index contributed by atoms with van der Waals surface area (Å²) in [6.07, 6.45) is 0.430. The molecule has 0 unspecified atom stereocenters. The third kappa shape index (κ3) is 4.93. The van der Waals surface area contributed by atoms with Crippen LogP contribution in [0.2, 0.25) is 0 Å². The molecule has 0 saturated carbocycles. The molecule has 0 radical (unpaired) electrons. The van der Waals surface area contributed by atoms with Crippen LogP contribution in [0.15, 0.2) is 39.4 Å². The summed E-state index contributed by atoms with van der Waals surface area (Å²) in [6, 6.07) is 8.93. The fourth-order valence-electron chi connectivity index (χ4n) is 3.29. The maximum Gasteiger partial charge on any atom is 0.261 e. The first kappa shape index (κ1) is 19.9. The maximum absolute atomic E-state index is 12.9. The molecule has 8 heteroatoms. The molecular weight excluding hydrogens is 434 g/mol. The lowest BCUT2D eigenvalue weighted by atomic mass is 10.1. The predicted molar refractivity (Wildman–Crippen MR) is 105 cm³/mol. The topological polar surface area (TPSA) is 76.8 Å². The lowest BCUT2D eigenvalue weighted by Gasteiger charge is -2.27. The molecule has 1 fully saturated rings. The zero-order valence-corrected chi connectivity index (χ0v) is 17.7. The number of rotatable bonds is 6. The van der Waals surface area contributed by atoms with Crippen molar-refractivity contribution < 1.29 is 22.4 Å². The summed E-state index contributed by atoms with van der Waals surface area (Å²) >= 11 is 3.25. The number of amides is 1. The average molecular weight is 456 g/mol. The molecule has 2 aromatic rings. The Bertz CT molecular complexity index is 917. The van der Waals surface area contributed by atoms with E-state index in [0.717, 1.165) is 11.1 Å². The normalized spacial score (nSPS) is 18.4. The van der Waals surface area contributed by atoms with Gasteiger partial charge in [-0.05, 0) is 59.5 Å². The number of furan rings is 1. The van der Waals surface area contributed by atoms with Gasteiger partial charge in [-0.2, -0.15) is 0 Å². The Kier molecular flexibility index (Phi) is 5.95. The van der Waals surface area contributed by atoms with Crippen molar-refractivity contribution in [3.05, 3.63) is 51.9 Å². The summed E-state index contributed by atoms with van der Waals surface area (Å²) in [6.45, 7) is 3.91. The van der Waals surface area contributed by atoms with E-state index in [1.54, 1.807) is 17.0 Å². The molecule has 1 atom stereocenters. The van der Waals surface area contributed by atoms with Gasteiger partial charge < -0.3 is 14.1 Å². The highest BCUT2D eigenvalue weighted by Gasteiger charge is 2.35. The monoisotopic (exact) mass is 455 g/mol. The van der Waals surface area contributed by atoms with Gasteiger partial charge in [-0.25, -0.2) is 8.42 Å². The molecule has 0 N–H and O–H groups in total. The second-order valence-electron chi connectivity index (χ2n) is 6.79. The molecule has 1 aromatic carbocycles. The van der Waals surface area contributed by atoms with Gasteiger partial charge in [0.25, 0.3) is 5.91 Å². The van der Waals surface area contributed by atoms with Crippen molar-refractivity contribution in [3.8, 4) is 5.75 Å². The number of nitrogens with zero attached hydrogens (tertiary/aromatic N) is 1. The van der Waals surface area contributed by atoms with E-state index in [0.29, 0.717) is 22.6 Å². The molecule has 1 aliphatic rings. The number of carbonyl (C=O) groups excluding carboxylic acids is 1. The Balaban J connectivity index is 1.76. The molecule has 1 aliphatic heterocycles. The van der Waals surface area contributed by atoms with Crippen molar-refractivity contribution in [2.45, 2.75) is 32.9 Å². The van der Waals surface area contributed by atoms with Crippen LogP contribution in [0.25, 0.3) is 0 Å². The highest BCUT2D eigenvalue weighted by molar-refractivity contribution is 9.10. The van der Waals surface area contributed by atoms with E-state index in [1.807, 2.05) is 32.0 Å². The molecule has 1 amide bonds. The molecule has 3 rings (SSSR count). The van der Waals surface area contributed by atoms with E-state index in [1.165, 1.54) is 0 Å². The number of halogens is 1. The quantitative estimate of drug-likeness (QED) is 0.667. The van der Waals surface area contributed by atoms with Crippen molar-refractivity contribution in [1.82, 2.24) is 4.90 Å². The number of hydrogen-bond donors (Lipinski definition) is 0. The largest absolute Gasteiger partial charge is 0.483 e. The van der Waals surface area contributed by atoms with Crippen LogP contribution in [0.1, 0.15) is 23.3 Å². The molecule has 6 nitrogen and oxygen atoms in total. The molecule has 1 aromatic heterocycles. The molecule has 27 heavy (non-hydrogen) atoms. The number of para-hydroxylation sites is 1. The molecule has 0 spiro atoms. The number of aryl methyl sites for hydroxylation is 2. The van der Waals surface area contributed by atoms with Crippen molar-refractivity contribution in [3.63, 3.8) is 0 Å². The Hall–Kier alpha value is -1.80. The average Bonchev–Trinajstić information content (AvgIpc) is 3.16. The smallest absolute Gasteiger partial charge is 0.261 e. The first-order chi connectivity index (χ1) is 12.7. The second-order valence-corrected chi connectivity index (χ2v) is 9.80. The van der Waals surface area contributed by atoms with Crippen LogP contribution < -0.4 is 4.74 Å². The van der Waals surface area contributed by atoms with Crippen molar-refractivity contribution in [1.29, 1.82) is 0 Å². The molecule has 1 saturated heterocycles. The highest BCUT2D eigenvalue weighted by atomic mass is 79.9. The molecule has 2 heterocycles. The van der Waals surface area contributed by atoms with Crippen LogP contribution in [-0.2, 0) is 21.2 Å². The zero-order valence-electron chi connectivity index (χ0n) is 15.3. The van der Waals surface area contributed by atoms with Crippen LogP contribution in [0, 0.1) is 13.8 Å². The summed E-state index contributed by atoms with van der Waals surface area (Å²) in [5.74, 6) is 1.09. The summed E-state index contributed by atoms with van der Waals surface area (Å²) in [7, 11) is -3.12. The Labute approximate surface area is 167 Å². The van der Waals surface area contributed by atoms with Gasteiger partial charge in [-0.15, -0.1) is 0 Å². The van der Waals surface area contributed by atoms with Crippen LogP contribution >= 0.6 is 15.9 Å². The van der Waals surface area contributed by atoms with E-state index in [4.69, 9.17) is 9.15 Å². The number of benzene rings is 1. The predicted octanol–water partition coefficient (Wildman–Crippen LogP) is 3.25. The second kappa shape index (κ2) is 8.06. The van der Waals surface area contributed by atoms with Gasteiger partial charge in [-0.1, -0.05) is 18.2 Å². The van der Waals surface area contributed by atoms with E-state index in [9.17, 15) is 13.2 Å². The van der Waals surface area contributed by atoms with E-state index < -0.39 is 9.84 Å². The van der Waals surface area contributed by atoms with Crippen LogP contribution in [0.3, 0.4) is 0 Å². The van der Waals surface area contributed by atoms with Crippen LogP contribution in [-0.4, -0.2) is 43.4 Å². The van der Waals surface area contributed by atoms with Crippen molar-refractivity contribution in [2.75, 3.05) is 18.1 Å². The van der Waals surface area contributed by atoms with Gasteiger partial charge >= 0.3 is 0 Å². The van der Waals surface area contributed by atoms with Gasteiger partial charge in [-0.3, -0.25) is 4.79 Å². The molecular formula is C19H22BrNO5S. The number of hydrogen-bond acceptors (Lipinski definition) is 5. The Morgan fingerprint density at radius 3 is 2.52 bits per heavy atom. The van der Waals surface area contributed by atoms with E-state index in [2.05, 4.69) is 15.9 Å². The van der Waals surface area contributed by atoms with Crippen molar-refractivity contribution >= 4 is 31.7 Å². The lowest BCUT2D eigenvalue weighted by Crippen LogP contribution is -2.43. The van der Waals surface area contributed by atoms with Gasteiger partial charge in [0.15, 0.2) is 21.1 Å². The third-order valence-electron chi connectivity index (χ3n) is 4.67. The minimum absolute atomic E-state index is 0.0238. The van der Waals surface area contributed by atoms with E-state index in [-0.39, 0.29) is 36.6 Å². The summed E-state index contributed by atoms with van der Waals surface area (Å²) in [5, 5.41) is 0. The molecule has 0 aliphatic carbocycles. The standard InChI is InChI=1S/C19H22BrNO5S/c1-13-4-3-5-14(2)19(13)25-11-18(22)21(10-16-6-7-17(20)26-16)15-8-9-27(23,24)12-15/h3-7,15H,8-12H2,1-2H3/t15-/m0/s1. The van der Waals surface area contributed by atoms with Crippen LogP contribution in [0.5, 0.6) is 5.75 Å². The minimum atomic E-state index is -3.12. The molecule has 0 bridgehead atoms. The summed E-state index contributed by atoms with van der Waals surface area (Å²) in [4.78, 5) is 14.5. The number of carbonyl (C=O) groups is 1. The summed E-state index contributed by atoms with van der Waals surface area (Å²) in [5.41, 5.74) is 1.90. The number of ether oxygens (including phenoxy) is 1. The minimum Gasteiger partial charge on any atom is -0.483 e. The Morgan fingerprint density at radius 2 is 1.96 bits per heavy atom. The van der Waals surface area contributed by atoms with E-state index >= 15 is 0 Å².